The van der Waals surface area contributed by atoms with Gasteiger partial charge in [-0.25, -0.2) is 8.42 Å². The molecule has 0 aliphatic carbocycles. The average Bonchev–Trinajstić information content (AvgIpc) is 2.91. The Hall–Kier alpha value is -3.65. The second kappa shape index (κ2) is 13.1. The zero-order valence-electron chi connectivity index (χ0n) is 24.6. The van der Waals surface area contributed by atoms with Crippen LogP contribution in [0.1, 0.15) is 55.0 Å². The minimum Gasteiger partial charge on any atom is -0.352 e. The summed E-state index contributed by atoms with van der Waals surface area (Å²) in [5.74, 6) is -0.752. The van der Waals surface area contributed by atoms with Crippen LogP contribution in [-0.4, -0.2) is 43.8 Å². The van der Waals surface area contributed by atoms with E-state index in [2.05, 4.69) is 5.32 Å². The molecule has 2 amide bonds. The zero-order chi connectivity index (χ0) is 29.6. The number of nitrogens with zero attached hydrogens (tertiary/aromatic N) is 2. The standard InChI is InChI=1S/C32H41N3O4S/c1-8-26(6)33-32(37)27(7)34(20-28-14-9-22(2)10-15-28)31(36)21-35(30-18-13-24(4)19-25(30)5)40(38,39)29-16-11-23(3)12-17-29/h9-19,26-27H,8,20-21H2,1-7H3,(H,33,37)/t26-,27-/m0/s1. The van der Waals surface area contributed by atoms with E-state index >= 15 is 0 Å². The first-order valence-electron chi connectivity index (χ1n) is 13.7. The van der Waals surface area contributed by atoms with E-state index in [1.54, 1.807) is 37.3 Å². The van der Waals surface area contributed by atoms with Crippen LogP contribution < -0.4 is 9.62 Å². The molecule has 3 aromatic rings. The van der Waals surface area contributed by atoms with Crippen molar-refractivity contribution in [2.24, 2.45) is 0 Å². The molecule has 0 aliphatic rings. The number of nitrogens with one attached hydrogen (secondary N) is 1. The fourth-order valence-corrected chi connectivity index (χ4v) is 5.85. The van der Waals surface area contributed by atoms with Crippen LogP contribution in [-0.2, 0) is 26.2 Å². The second-order valence-electron chi connectivity index (χ2n) is 10.6. The highest BCUT2D eigenvalue weighted by atomic mass is 32.2. The van der Waals surface area contributed by atoms with Crippen LogP contribution in [0.15, 0.2) is 71.6 Å². The van der Waals surface area contributed by atoms with Crippen LogP contribution in [0.5, 0.6) is 0 Å². The molecule has 0 saturated carbocycles. The SMILES string of the molecule is CC[C@H](C)NC(=O)[C@H](C)N(Cc1ccc(C)cc1)C(=O)CN(c1ccc(C)cc1C)S(=O)(=O)c1ccc(C)cc1. The number of rotatable bonds is 11. The van der Waals surface area contributed by atoms with Crippen molar-refractivity contribution < 1.29 is 18.0 Å². The quantitative estimate of drug-likeness (QED) is 0.336. The molecule has 2 atom stereocenters. The van der Waals surface area contributed by atoms with Gasteiger partial charge in [0, 0.05) is 12.6 Å². The second-order valence-corrected chi connectivity index (χ2v) is 12.5. The van der Waals surface area contributed by atoms with Gasteiger partial charge < -0.3 is 10.2 Å². The highest BCUT2D eigenvalue weighted by Crippen LogP contribution is 2.28. The van der Waals surface area contributed by atoms with Crippen molar-refractivity contribution in [2.75, 3.05) is 10.8 Å². The minimum atomic E-state index is -4.10. The molecule has 7 nitrogen and oxygen atoms in total. The van der Waals surface area contributed by atoms with Gasteiger partial charge in [-0.2, -0.15) is 0 Å². The third-order valence-corrected chi connectivity index (χ3v) is 8.92. The molecule has 0 spiro atoms. The normalized spacial score (nSPS) is 12.9. The molecule has 8 heteroatoms. The third kappa shape index (κ3) is 7.50. The third-order valence-electron chi connectivity index (χ3n) is 7.15. The summed E-state index contributed by atoms with van der Waals surface area (Å²) < 4.78 is 29.2. The number of aryl methyl sites for hydroxylation is 4. The van der Waals surface area contributed by atoms with Gasteiger partial charge >= 0.3 is 0 Å². The lowest BCUT2D eigenvalue weighted by molar-refractivity contribution is -0.139. The van der Waals surface area contributed by atoms with Gasteiger partial charge in [0.2, 0.25) is 11.8 Å². The summed E-state index contributed by atoms with van der Waals surface area (Å²) in [5, 5.41) is 2.96. The van der Waals surface area contributed by atoms with Crippen molar-refractivity contribution in [3.63, 3.8) is 0 Å². The Morgan fingerprint density at radius 2 is 1.38 bits per heavy atom. The smallest absolute Gasteiger partial charge is 0.264 e. The predicted octanol–water partition coefficient (Wildman–Crippen LogP) is 5.45. The van der Waals surface area contributed by atoms with E-state index in [0.29, 0.717) is 5.69 Å². The van der Waals surface area contributed by atoms with Crippen LogP contribution in [0, 0.1) is 27.7 Å². The Balaban J connectivity index is 2.05. The molecule has 1 N–H and O–H groups in total. The summed E-state index contributed by atoms with van der Waals surface area (Å²) in [6.45, 7) is 12.9. The Morgan fingerprint density at radius 3 is 1.93 bits per heavy atom. The molecule has 0 saturated heterocycles. The number of benzene rings is 3. The first kappa shape index (κ1) is 30.9. The van der Waals surface area contributed by atoms with Crippen LogP contribution >= 0.6 is 0 Å². The topological polar surface area (TPSA) is 86.8 Å². The summed E-state index contributed by atoms with van der Waals surface area (Å²) in [7, 11) is -4.10. The van der Waals surface area contributed by atoms with Crippen LogP contribution in [0.2, 0.25) is 0 Å². The molecule has 0 radical (unpaired) electrons. The van der Waals surface area contributed by atoms with Crippen molar-refractivity contribution in [2.45, 2.75) is 78.4 Å². The average molecular weight is 564 g/mol. The molecule has 0 bridgehead atoms. The van der Waals surface area contributed by atoms with Gasteiger partial charge in [-0.1, -0.05) is 72.1 Å². The molecule has 0 fully saturated rings. The lowest BCUT2D eigenvalue weighted by Crippen LogP contribution is -2.52. The molecular weight excluding hydrogens is 522 g/mol. The highest BCUT2D eigenvalue weighted by molar-refractivity contribution is 7.92. The monoisotopic (exact) mass is 563 g/mol. The van der Waals surface area contributed by atoms with Crippen LogP contribution in [0.3, 0.4) is 0 Å². The maximum Gasteiger partial charge on any atom is 0.264 e. The maximum absolute atomic E-state index is 14.0. The molecular formula is C32H41N3O4S. The van der Waals surface area contributed by atoms with Gasteiger partial charge in [0.05, 0.1) is 10.6 Å². The van der Waals surface area contributed by atoms with E-state index < -0.39 is 28.5 Å². The van der Waals surface area contributed by atoms with Crippen LogP contribution in [0.4, 0.5) is 5.69 Å². The van der Waals surface area contributed by atoms with Gasteiger partial charge in [-0.05, 0) is 77.3 Å². The Labute approximate surface area is 239 Å². The number of carbonyl (C=O) groups excluding carboxylic acids is 2. The summed E-state index contributed by atoms with van der Waals surface area (Å²) in [6.07, 6.45) is 0.750. The molecule has 214 valence electrons. The number of sulfonamides is 1. The first-order chi connectivity index (χ1) is 18.8. The maximum atomic E-state index is 14.0. The van der Waals surface area contributed by atoms with E-state index in [1.165, 1.54) is 4.90 Å². The molecule has 0 aliphatic heterocycles. The summed E-state index contributed by atoms with van der Waals surface area (Å²) in [4.78, 5) is 28.8. The lowest BCUT2D eigenvalue weighted by atomic mass is 10.1. The number of hydrogen-bond acceptors (Lipinski definition) is 4. The molecule has 3 rings (SSSR count). The first-order valence-corrected chi connectivity index (χ1v) is 15.1. The molecule has 0 heterocycles. The molecule has 40 heavy (non-hydrogen) atoms. The fourth-order valence-electron chi connectivity index (χ4n) is 4.37. The Kier molecular flexibility index (Phi) is 10.1. The highest BCUT2D eigenvalue weighted by Gasteiger charge is 2.33. The van der Waals surface area contributed by atoms with Crippen LogP contribution in [0.25, 0.3) is 0 Å². The van der Waals surface area contributed by atoms with Crippen molar-refractivity contribution >= 4 is 27.5 Å². The van der Waals surface area contributed by atoms with Crippen molar-refractivity contribution in [3.8, 4) is 0 Å². The van der Waals surface area contributed by atoms with E-state index in [-0.39, 0.29) is 23.4 Å². The molecule has 0 unspecified atom stereocenters. The summed E-state index contributed by atoms with van der Waals surface area (Å²) in [5.41, 5.74) is 4.99. The summed E-state index contributed by atoms with van der Waals surface area (Å²) >= 11 is 0. The van der Waals surface area contributed by atoms with Crippen molar-refractivity contribution in [1.82, 2.24) is 10.2 Å². The van der Waals surface area contributed by atoms with Crippen molar-refractivity contribution in [3.05, 3.63) is 94.5 Å². The zero-order valence-corrected chi connectivity index (χ0v) is 25.4. The minimum absolute atomic E-state index is 0.0556. The number of amides is 2. The number of anilines is 1. The number of carbonyl (C=O) groups is 2. The van der Waals surface area contributed by atoms with Gasteiger partial charge in [0.15, 0.2) is 0 Å². The fraction of sp³-hybridized carbons (Fsp3) is 0.375. The van der Waals surface area contributed by atoms with E-state index in [9.17, 15) is 18.0 Å². The summed E-state index contributed by atoms with van der Waals surface area (Å²) in [6, 6.07) is 18.9. The van der Waals surface area contributed by atoms with Gasteiger partial charge in [0.1, 0.15) is 12.6 Å². The van der Waals surface area contributed by atoms with Gasteiger partial charge in [0.25, 0.3) is 10.0 Å². The lowest BCUT2D eigenvalue weighted by Gasteiger charge is -2.33. The van der Waals surface area contributed by atoms with Gasteiger partial charge in [-0.3, -0.25) is 13.9 Å². The van der Waals surface area contributed by atoms with Crippen molar-refractivity contribution in [1.29, 1.82) is 0 Å². The van der Waals surface area contributed by atoms with E-state index in [1.807, 2.05) is 77.9 Å². The Morgan fingerprint density at radius 1 is 0.825 bits per heavy atom. The predicted molar refractivity (Wildman–Crippen MR) is 161 cm³/mol. The molecule has 3 aromatic carbocycles. The van der Waals surface area contributed by atoms with Gasteiger partial charge in [-0.15, -0.1) is 0 Å². The van der Waals surface area contributed by atoms with E-state index in [0.717, 1.165) is 38.5 Å². The number of hydrogen-bond donors (Lipinski definition) is 1. The largest absolute Gasteiger partial charge is 0.352 e. The Bertz CT molecular complexity index is 1430. The molecule has 0 aromatic heterocycles. The van der Waals surface area contributed by atoms with E-state index in [4.69, 9.17) is 0 Å².